The Morgan fingerprint density at radius 1 is 1.04 bits per heavy atom. The van der Waals surface area contributed by atoms with E-state index >= 15 is 0 Å². The number of nitrogens with zero attached hydrogens (tertiary/aromatic N) is 2. The third-order valence-electron chi connectivity index (χ3n) is 4.55. The number of hydrogen-bond donors (Lipinski definition) is 1. The van der Waals surface area contributed by atoms with Crippen molar-refractivity contribution in [3.8, 4) is 0 Å². The minimum Gasteiger partial charge on any atom is -0.346 e. The molecule has 116 valence electrons. The van der Waals surface area contributed by atoms with Gasteiger partial charge < -0.3 is 14.9 Å². The molecule has 4 rings (SSSR count). The van der Waals surface area contributed by atoms with E-state index in [1.54, 1.807) is 0 Å². The summed E-state index contributed by atoms with van der Waals surface area (Å²) in [5.74, 6) is 0. The zero-order chi connectivity index (χ0) is 16.0. The van der Waals surface area contributed by atoms with Crippen LogP contribution in [0.2, 0.25) is 0 Å². The van der Waals surface area contributed by atoms with Gasteiger partial charge in [-0.15, -0.1) is 0 Å². The predicted octanol–water partition coefficient (Wildman–Crippen LogP) is 3.00. The number of fused-ring (bicyclic) bond motifs is 4. The summed E-state index contributed by atoms with van der Waals surface area (Å²) in [6.07, 6.45) is 2.74. The van der Waals surface area contributed by atoms with Gasteiger partial charge in [-0.05, 0) is 41.9 Å². The molecule has 4 heteroatoms. The van der Waals surface area contributed by atoms with E-state index in [1.165, 1.54) is 5.39 Å². The van der Waals surface area contributed by atoms with Crippen LogP contribution in [0, 0.1) is 0 Å². The second-order valence-corrected chi connectivity index (χ2v) is 6.00. The van der Waals surface area contributed by atoms with E-state index < -0.39 is 0 Å². The fourth-order valence-electron chi connectivity index (χ4n) is 3.39. The predicted molar refractivity (Wildman–Crippen MR) is 95.9 cm³/mol. The summed E-state index contributed by atoms with van der Waals surface area (Å²) >= 11 is 0. The topological polar surface area (TPSA) is 52.9 Å². The van der Waals surface area contributed by atoms with Crippen LogP contribution in [-0.2, 0) is 13.6 Å². The van der Waals surface area contributed by atoms with Crippen LogP contribution in [-0.4, -0.2) is 15.7 Å². The first-order chi connectivity index (χ1) is 11.2. The van der Waals surface area contributed by atoms with E-state index in [9.17, 15) is 4.79 Å². The molecule has 2 N–H and O–H groups in total. The molecule has 23 heavy (non-hydrogen) atoms. The van der Waals surface area contributed by atoms with E-state index in [2.05, 4.69) is 24.3 Å². The van der Waals surface area contributed by atoms with Crippen LogP contribution in [0.25, 0.3) is 32.6 Å². The number of aromatic nitrogens is 2. The average Bonchev–Trinajstić information content (AvgIpc) is 2.95. The number of hydrogen-bond acceptors (Lipinski definition) is 2. The molecule has 0 amide bonds. The van der Waals surface area contributed by atoms with Gasteiger partial charge in [0.2, 0.25) is 0 Å². The summed E-state index contributed by atoms with van der Waals surface area (Å²) in [5, 5.41) is 4.48. The molecule has 4 aromatic rings. The number of pyridine rings is 1. The standard InChI is InChI=1S/C19H19N3O/c1-21-10-7-15-16-11-13-5-2-3-6-14(13)12-17(16)22(9-4-8-20)19(23)18(15)21/h2-3,5-7,10-12H,4,8-9,20H2,1H3. The maximum atomic E-state index is 13.0. The van der Waals surface area contributed by atoms with Gasteiger partial charge in [0.25, 0.3) is 5.56 Å². The molecule has 0 aliphatic carbocycles. The number of nitrogens with two attached hydrogens (primary N) is 1. The van der Waals surface area contributed by atoms with Gasteiger partial charge in [0.15, 0.2) is 0 Å². The van der Waals surface area contributed by atoms with Gasteiger partial charge in [0.05, 0.1) is 5.52 Å². The first kappa shape index (κ1) is 14.0. The molecule has 0 saturated carbocycles. The maximum Gasteiger partial charge on any atom is 0.275 e. The summed E-state index contributed by atoms with van der Waals surface area (Å²) in [4.78, 5) is 13.0. The second kappa shape index (κ2) is 5.25. The molecule has 2 aromatic carbocycles. The van der Waals surface area contributed by atoms with Crippen molar-refractivity contribution in [2.75, 3.05) is 6.54 Å². The van der Waals surface area contributed by atoms with Crippen LogP contribution in [0.3, 0.4) is 0 Å². The van der Waals surface area contributed by atoms with Crippen molar-refractivity contribution in [3.63, 3.8) is 0 Å². The molecule has 0 atom stereocenters. The SMILES string of the molecule is Cn1ccc2c3cc4ccccc4cc3n(CCCN)c(=O)c21. The summed E-state index contributed by atoms with van der Waals surface area (Å²) in [5.41, 5.74) is 7.46. The molecule has 0 fully saturated rings. The lowest BCUT2D eigenvalue weighted by atomic mass is 10.0. The fourth-order valence-corrected chi connectivity index (χ4v) is 3.39. The molecule has 0 saturated heterocycles. The van der Waals surface area contributed by atoms with Crippen molar-refractivity contribution in [1.29, 1.82) is 0 Å². The molecule has 0 radical (unpaired) electrons. The van der Waals surface area contributed by atoms with Crippen LogP contribution >= 0.6 is 0 Å². The van der Waals surface area contributed by atoms with Crippen molar-refractivity contribution in [1.82, 2.24) is 9.13 Å². The van der Waals surface area contributed by atoms with Crippen molar-refractivity contribution in [2.24, 2.45) is 12.8 Å². The van der Waals surface area contributed by atoms with E-state index in [4.69, 9.17) is 5.73 Å². The lowest BCUT2D eigenvalue weighted by Gasteiger charge is -2.13. The minimum atomic E-state index is 0.0590. The summed E-state index contributed by atoms with van der Waals surface area (Å²) in [7, 11) is 1.92. The summed E-state index contributed by atoms with van der Waals surface area (Å²) in [6.45, 7) is 1.22. The van der Waals surface area contributed by atoms with Crippen LogP contribution in [0.1, 0.15) is 6.42 Å². The Labute approximate surface area is 133 Å². The normalized spacial score (nSPS) is 11.7. The third kappa shape index (κ3) is 2.06. The molecule has 0 spiro atoms. The number of rotatable bonds is 3. The van der Waals surface area contributed by atoms with Crippen LogP contribution in [0.5, 0.6) is 0 Å². The Morgan fingerprint density at radius 3 is 2.52 bits per heavy atom. The molecule has 0 aliphatic heterocycles. The highest BCUT2D eigenvalue weighted by molar-refractivity contribution is 6.09. The number of aryl methyl sites for hydroxylation is 2. The Kier molecular flexibility index (Phi) is 3.20. The Morgan fingerprint density at radius 2 is 1.78 bits per heavy atom. The quantitative estimate of drug-likeness (QED) is 0.592. The van der Waals surface area contributed by atoms with Gasteiger partial charge in [-0.25, -0.2) is 0 Å². The monoisotopic (exact) mass is 305 g/mol. The molecule has 0 aliphatic rings. The highest BCUT2D eigenvalue weighted by Gasteiger charge is 2.13. The highest BCUT2D eigenvalue weighted by atomic mass is 16.1. The van der Waals surface area contributed by atoms with E-state index in [0.29, 0.717) is 13.1 Å². The van der Waals surface area contributed by atoms with Crippen molar-refractivity contribution in [2.45, 2.75) is 13.0 Å². The van der Waals surface area contributed by atoms with E-state index in [-0.39, 0.29) is 5.56 Å². The zero-order valence-corrected chi connectivity index (χ0v) is 13.1. The van der Waals surface area contributed by atoms with Crippen LogP contribution < -0.4 is 11.3 Å². The highest BCUT2D eigenvalue weighted by Crippen LogP contribution is 2.28. The largest absolute Gasteiger partial charge is 0.346 e. The molecular weight excluding hydrogens is 286 g/mol. The molecule has 2 heterocycles. The van der Waals surface area contributed by atoms with Gasteiger partial charge in [-0.1, -0.05) is 24.3 Å². The molecule has 2 aromatic heterocycles. The van der Waals surface area contributed by atoms with Crippen LogP contribution in [0.4, 0.5) is 0 Å². The van der Waals surface area contributed by atoms with Crippen LogP contribution in [0.15, 0.2) is 53.5 Å². The van der Waals surface area contributed by atoms with Gasteiger partial charge >= 0.3 is 0 Å². The molecular formula is C19H19N3O. The Hall–Kier alpha value is -2.59. The Balaban J connectivity index is 2.21. The van der Waals surface area contributed by atoms with Crippen molar-refractivity contribution in [3.05, 3.63) is 59.0 Å². The average molecular weight is 305 g/mol. The van der Waals surface area contributed by atoms with Crippen molar-refractivity contribution < 1.29 is 0 Å². The van der Waals surface area contributed by atoms with Gasteiger partial charge in [0, 0.05) is 30.6 Å². The first-order valence-corrected chi connectivity index (χ1v) is 7.91. The van der Waals surface area contributed by atoms with Gasteiger partial charge in [-0.3, -0.25) is 4.79 Å². The molecule has 4 nitrogen and oxygen atoms in total. The molecule has 0 bridgehead atoms. The lowest BCUT2D eigenvalue weighted by Crippen LogP contribution is -2.23. The summed E-state index contributed by atoms with van der Waals surface area (Å²) < 4.78 is 3.78. The molecule has 0 unspecified atom stereocenters. The fraction of sp³-hybridized carbons (Fsp3) is 0.211. The van der Waals surface area contributed by atoms with E-state index in [1.807, 2.05) is 40.6 Å². The van der Waals surface area contributed by atoms with Crippen molar-refractivity contribution >= 4 is 32.6 Å². The third-order valence-corrected chi connectivity index (χ3v) is 4.55. The maximum absolute atomic E-state index is 13.0. The Bertz CT molecular complexity index is 1090. The summed E-state index contributed by atoms with van der Waals surface area (Å²) in [6, 6.07) is 14.6. The second-order valence-electron chi connectivity index (χ2n) is 6.00. The minimum absolute atomic E-state index is 0.0590. The van der Waals surface area contributed by atoms with Gasteiger partial charge in [-0.2, -0.15) is 0 Å². The van der Waals surface area contributed by atoms with E-state index in [0.717, 1.165) is 33.6 Å². The smallest absolute Gasteiger partial charge is 0.275 e. The zero-order valence-electron chi connectivity index (χ0n) is 13.1. The lowest BCUT2D eigenvalue weighted by molar-refractivity contribution is 0.652. The van der Waals surface area contributed by atoms with Gasteiger partial charge in [0.1, 0.15) is 5.52 Å². The first-order valence-electron chi connectivity index (χ1n) is 7.91. The number of benzene rings is 2.